The van der Waals surface area contributed by atoms with E-state index in [1.54, 1.807) is 35.7 Å². The second-order valence-electron chi connectivity index (χ2n) is 7.38. The van der Waals surface area contributed by atoms with Crippen molar-refractivity contribution in [3.63, 3.8) is 0 Å². The minimum absolute atomic E-state index is 0.0962. The Hall–Kier alpha value is -3.04. The summed E-state index contributed by atoms with van der Waals surface area (Å²) in [5.74, 6) is 0.721. The van der Waals surface area contributed by atoms with E-state index in [4.69, 9.17) is 14.2 Å². The van der Waals surface area contributed by atoms with Gasteiger partial charge in [-0.2, -0.15) is 0 Å². The summed E-state index contributed by atoms with van der Waals surface area (Å²) in [6, 6.07) is 10.2. The number of carbonyl (C=O) groups excluding carboxylic acids is 1. The number of amides is 1. The average Bonchev–Trinajstić information content (AvgIpc) is 3.22. The maximum absolute atomic E-state index is 13.3. The van der Waals surface area contributed by atoms with Crippen molar-refractivity contribution < 1.29 is 27.4 Å². The zero-order valence-corrected chi connectivity index (χ0v) is 19.7. The fourth-order valence-corrected chi connectivity index (χ4v) is 6.80. The molecule has 1 aromatic heterocycles. The van der Waals surface area contributed by atoms with Gasteiger partial charge in [-0.25, -0.2) is 8.42 Å². The highest BCUT2D eigenvalue weighted by molar-refractivity contribution is 7.91. The van der Waals surface area contributed by atoms with Gasteiger partial charge >= 0.3 is 0 Å². The molecule has 4 rings (SSSR count). The van der Waals surface area contributed by atoms with E-state index in [1.165, 1.54) is 32.7 Å². The average molecular weight is 474 g/mol. The first-order valence-corrected chi connectivity index (χ1v) is 12.2. The van der Waals surface area contributed by atoms with E-state index in [2.05, 4.69) is 5.32 Å². The third-order valence-corrected chi connectivity index (χ3v) is 8.53. The first kappa shape index (κ1) is 22.2. The van der Waals surface area contributed by atoms with Crippen LogP contribution in [0.15, 0.2) is 51.6 Å². The van der Waals surface area contributed by atoms with E-state index in [0.717, 1.165) is 16.0 Å². The number of thiophene rings is 1. The molecule has 3 aromatic rings. The summed E-state index contributed by atoms with van der Waals surface area (Å²) < 4.78 is 43.1. The second-order valence-corrected chi connectivity index (χ2v) is 10.2. The van der Waals surface area contributed by atoms with Crippen molar-refractivity contribution in [3.05, 3.63) is 57.8 Å². The number of sulfone groups is 1. The molecule has 1 aliphatic rings. The number of nitrogens with one attached hydrogen (secondary N) is 1. The van der Waals surface area contributed by atoms with Crippen LogP contribution in [0.5, 0.6) is 17.2 Å². The van der Waals surface area contributed by atoms with Crippen LogP contribution in [-0.2, 0) is 14.6 Å². The summed E-state index contributed by atoms with van der Waals surface area (Å²) in [4.78, 5) is 13.7. The lowest BCUT2D eigenvalue weighted by Crippen LogP contribution is -2.23. The van der Waals surface area contributed by atoms with E-state index in [-0.39, 0.29) is 28.0 Å². The first-order valence-electron chi connectivity index (χ1n) is 9.83. The number of carbonyl (C=O) groups is 1. The molecule has 1 N–H and O–H groups in total. The Morgan fingerprint density at radius 1 is 0.969 bits per heavy atom. The van der Waals surface area contributed by atoms with Gasteiger partial charge in [0.1, 0.15) is 4.90 Å². The quantitative estimate of drug-likeness (QED) is 0.571. The number of methoxy groups -OCH3 is 3. The van der Waals surface area contributed by atoms with E-state index >= 15 is 0 Å². The van der Waals surface area contributed by atoms with E-state index in [1.807, 2.05) is 13.0 Å². The summed E-state index contributed by atoms with van der Waals surface area (Å²) in [5.41, 5.74) is 2.02. The van der Waals surface area contributed by atoms with Crippen LogP contribution in [0.4, 0.5) is 5.69 Å². The largest absolute Gasteiger partial charge is 0.493 e. The van der Waals surface area contributed by atoms with E-state index < -0.39 is 9.84 Å². The molecular weight excluding hydrogens is 450 g/mol. The van der Waals surface area contributed by atoms with Crippen LogP contribution in [0.2, 0.25) is 0 Å². The van der Waals surface area contributed by atoms with Crippen molar-refractivity contribution in [2.45, 2.75) is 29.1 Å². The van der Waals surface area contributed by atoms with Crippen molar-refractivity contribution in [2.75, 3.05) is 26.6 Å². The smallest absolute Gasteiger partial charge is 0.225 e. The van der Waals surface area contributed by atoms with Crippen LogP contribution in [0.25, 0.3) is 0 Å². The van der Waals surface area contributed by atoms with Crippen LogP contribution < -0.4 is 19.5 Å². The predicted octanol–water partition coefficient (Wildman–Crippen LogP) is 4.39. The highest BCUT2D eigenvalue weighted by atomic mass is 32.2. The number of fused-ring (bicyclic) bond motifs is 1. The molecule has 1 aliphatic heterocycles. The Morgan fingerprint density at radius 2 is 1.66 bits per heavy atom. The fourth-order valence-electron chi connectivity index (χ4n) is 3.90. The predicted molar refractivity (Wildman–Crippen MR) is 122 cm³/mol. The van der Waals surface area contributed by atoms with Gasteiger partial charge in [0.2, 0.25) is 21.5 Å². The summed E-state index contributed by atoms with van der Waals surface area (Å²) in [6.07, 6.45) is 0.156. The highest BCUT2D eigenvalue weighted by Gasteiger charge is 2.36. The molecule has 0 spiro atoms. The molecule has 168 valence electrons. The van der Waals surface area contributed by atoms with Crippen molar-refractivity contribution in [1.82, 2.24) is 0 Å². The summed E-state index contributed by atoms with van der Waals surface area (Å²) in [6.45, 7) is 1.89. The van der Waals surface area contributed by atoms with Crippen LogP contribution in [0.3, 0.4) is 0 Å². The molecule has 0 bridgehead atoms. The first-order chi connectivity index (χ1) is 15.3. The minimum atomic E-state index is -3.80. The highest BCUT2D eigenvalue weighted by Crippen LogP contribution is 2.51. The summed E-state index contributed by atoms with van der Waals surface area (Å²) in [7, 11) is 0.765. The normalized spacial score (nSPS) is 15.6. The number of hydrogen-bond donors (Lipinski definition) is 1. The molecule has 0 fully saturated rings. The molecule has 0 radical (unpaired) electrons. The van der Waals surface area contributed by atoms with Crippen molar-refractivity contribution in [2.24, 2.45) is 0 Å². The summed E-state index contributed by atoms with van der Waals surface area (Å²) in [5, 5.41) is 4.37. The van der Waals surface area contributed by atoms with Gasteiger partial charge in [0.05, 0.1) is 31.9 Å². The molecule has 1 amide bonds. The standard InChI is InChI=1S/C23H23NO6S2/c1-13-5-7-14(8-6-13)32(26,27)18-12-31-23-16(11-19(25)24-20(18)23)15-9-10-17(28-2)22(30-4)21(15)29-3/h5-10,12,16H,11H2,1-4H3,(H,24,25). The number of aryl methyl sites for hydroxylation is 1. The number of ether oxygens (including phenoxy) is 3. The number of benzene rings is 2. The number of hydrogen-bond acceptors (Lipinski definition) is 7. The van der Waals surface area contributed by atoms with Crippen LogP contribution in [0, 0.1) is 6.92 Å². The Labute approximate surface area is 190 Å². The Morgan fingerprint density at radius 3 is 2.28 bits per heavy atom. The molecule has 0 saturated carbocycles. The van der Waals surface area contributed by atoms with Gasteiger partial charge in [0.15, 0.2) is 11.5 Å². The maximum atomic E-state index is 13.3. The van der Waals surface area contributed by atoms with Gasteiger partial charge in [-0.1, -0.05) is 23.8 Å². The van der Waals surface area contributed by atoms with Crippen LogP contribution in [-0.4, -0.2) is 35.7 Å². The minimum Gasteiger partial charge on any atom is -0.493 e. The molecule has 9 heteroatoms. The van der Waals surface area contributed by atoms with Gasteiger partial charge in [-0.05, 0) is 25.1 Å². The molecule has 32 heavy (non-hydrogen) atoms. The van der Waals surface area contributed by atoms with Crippen molar-refractivity contribution in [3.8, 4) is 17.2 Å². The zero-order chi connectivity index (χ0) is 23.0. The topological polar surface area (TPSA) is 90.9 Å². The van der Waals surface area contributed by atoms with Gasteiger partial charge in [0, 0.05) is 28.2 Å². The van der Waals surface area contributed by atoms with Crippen LogP contribution in [0.1, 0.15) is 28.3 Å². The molecular formula is C23H23NO6S2. The zero-order valence-electron chi connectivity index (χ0n) is 18.1. The Balaban J connectivity index is 1.86. The monoisotopic (exact) mass is 473 g/mol. The SMILES string of the molecule is COc1ccc(C2CC(=O)Nc3c(S(=O)(=O)c4ccc(C)cc4)csc32)c(OC)c1OC. The third-order valence-electron chi connectivity index (χ3n) is 5.49. The van der Waals surface area contributed by atoms with Crippen molar-refractivity contribution in [1.29, 1.82) is 0 Å². The van der Waals surface area contributed by atoms with E-state index in [9.17, 15) is 13.2 Å². The number of anilines is 1. The lowest BCUT2D eigenvalue weighted by Gasteiger charge is -2.26. The second kappa shape index (κ2) is 8.48. The molecule has 7 nitrogen and oxygen atoms in total. The molecule has 0 aliphatic carbocycles. The molecule has 1 unspecified atom stereocenters. The van der Waals surface area contributed by atoms with Gasteiger partial charge in [0.25, 0.3) is 0 Å². The molecule has 2 aromatic carbocycles. The van der Waals surface area contributed by atoms with Gasteiger partial charge < -0.3 is 19.5 Å². The molecule has 0 saturated heterocycles. The number of rotatable bonds is 6. The lowest BCUT2D eigenvalue weighted by atomic mass is 9.89. The van der Waals surface area contributed by atoms with Gasteiger partial charge in [-0.3, -0.25) is 4.79 Å². The maximum Gasteiger partial charge on any atom is 0.225 e. The van der Waals surface area contributed by atoms with Crippen molar-refractivity contribution >= 4 is 32.8 Å². The molecule has 1 atom stereocenters. The summed E-state index contributed by atoms with van der Waals surface area (Å²) >= 11 is 1.30. The van der Waals surface area contributed by atoms with Crippen LogP contribution >= 0.6 is 11.3 Å². The fraction of sp³-hybridized carbons (Fsp3) is 0.261. The Kier molecular flexibility index (Phi) is 5.87. The Bertz CT molecular complexity index is 1280. The van der Waals surface area contributed by atoms with Gasteiger partial charge in [-0.15, -0.1) is 11.3 Å². The lowest BCUT2D eigenvalue weighted by molar-refractivity contribution is -0.116. The molecule has 2 heterocycles. The third kappa shape index (κ3) is 3.61. The van der Waals surface area contributed by atoms with E-state index in [0.29, 0.717) is 22.9 Å².